The number of alkyl halides is 1. The van der Waals surface area contributed by atoms with Gasteiger partial charge < -0.3 is 5.32 Å². The Morgan fingerprint density at radius 1 is 1.37 bits per heavy atom. The standard InChI is InChI=1S/C15H21ClN2O/c16-10-4-9-15(19)17-14-8-5-11-18(14)12-13-6-2-1-3-7-13/h1-3,6-7,14H,4-5,8-12H2,(H,17,19). The van der Waals surface area contributed by atoms with Gasteiger partial charge in [0.05, 0.1) is 6.17 Å². The number of hydrogen-bond donors (Lipinski definition) is 1. The number of amides is 1. The summed E-state index contributed by atoms with van der Waals surface area (Å²) >= 11 is 5.61. The van der Waals surface area contributed by atoms with Gasteiger partial charge in [-0.25, -0.2) is 0 Å². The van der Waals surface area contributed by atoms with Crippen molar-refractivity contribution in [2.45, 2.75) is 38.4 Å². The smallest absolute Gasteiger partial charge is 0.221 e. The van der Waals surface area contributed by atoms with Gasteiger partial charge in [-0.05, 0) is 24.8 Å². The average molecular weight is 281 g/mol. The molecule has 0 aromatic heterocycles. The topological polar surface area (TPSA) is 32.3 Å². The molecule has 1 unspecified atom stereocenters. The maximum absolute atomic E-state index is 11.8. The lowest BCUT2D eigenvalue weighted by Crippen LogP contribution is -2.43. The fraction of sp³-hybridized carbons (Fsp3) is 0.533. The number of likely N-dealkylation sites (tertiary alicyclic amines) is 1. The highest BCUT2D eigenvalue weighted by Crippen LogP contribution is 2.18. The van der Waals surface area contributed by atoms with Crippen LogP contribution in [0.4, 0.5) is 0 Å². The molecule has 104 valence electrons. The van der Waals surface area contributed by atoms with E-state index in [1.54, 1.807) is 0 Å². The molecule has 1 fully saturated rings. The van der Waals surface area contributed by atoms with Crippen LogP contribution in [-0.4, -0.2) is 29.4 Å². The monoisotopic (exact) mass is 280 g/mol. The first-order valence-corrected chi connectivity index (χ1v) is 7.46. The Labute approximate surface area is 119 Å². The van der Waals surface area contributed by atoms with Crippen LogP contribution in [0.5, 0.6) is 0 Å². The summed E-state index contributed by atoms with van der Waals surface area (Å²) in [5.74, 6) is 0.664. The Hall–Kier alpha value is -1.06. The molecule has 0 spiro atoms. The Bertz CT molecular complexity index is 396. The van der Waals surface area contributed by atoms with Crippen molar-refractivity contribution in [1.82, 2.24) is 10.2 Å². The molecule has 0 saturated carbocycles. The molecule has 0 radical (unpaired) electrons. The van der Waals surface area contributed by atoms with Gasteiger partial charge in [0.25, 0.3) is 0 Å². The van der Waals surface area contributed by atoms with Gasteiger partial charge in [0, 0.05) is 25.4 Å². The van der Waals surface area contributed by atoms with E-state index in [4.69, 9.17) is 11.6 Å². The molecule has 1 aromatic rings. The molecule has 1 atom stereocenters. The van der Waals surface area contributed by atoms with Crippen molar-refractivity contribution in [3.63, 3.8) is 0 Å². The van der Waals surface area contributed by atoms with E-state index in [-0.39, 0.29) is 12.1 Å². The van der Waals surface area contributed by atoms with Crippen LogP contribution in [0.2, 0.25) is 0 Å². The number of nitrogens with zero attached hydrogens (tertiary/aromatic N) is 1. The molecule has 1 saturated heterocycles. The van der Waals surface area contributed by atoms with Crippen LogP contribution in [0, 0.1) is 0 Å². The second kappa shape index (κ2) is 7.51. The Kier molecular flexibility index (Phi) is 5.67. The lowest BCUT2D eigenvalue weighted by molar-refractivity contribution is -0.122. The van der Waals surface area contributed by atoms with Gasteiger partial charge in [-0.15, -0.1) is 11.6 Å². The van der Waals surface area contributed by atoms with Crippen LogP contribution in [0.1, 0.15) is 31.2 Å². The molecule has 2 rings (SSSR count). The van der Waals surface area contributed by atoms with Crippen molar-refractivity contribution in [2.24, 2.45) is 0 Å². The summed E-state index contributed by atoms with van der Waals surface area (Å²) in [5, 5.41) is 3.11. The minimum atomic E-state index is 0.116. The van der Waals surface area contributed by atoms with E-state index in [1.165, 1.54) is 5.56 Å². The first-order valence-electron chi connectivity index (χ1n) is 6.93. The molecular formula is C15H21ClN2O. The van der Waals surface area contributed by atoms with Gasteiger partial charge in [-0.3, -0.25) is 9.69 Å². The van der Waals surface area contributed by atoms with Gasteiger partial charge in [-0.1, -0.05) is 30.3 Å². The molecule has 1 heterocycles. The number of halogens is 1. The number of hydrogen-bond acceptors (Lipinski definition) is 2. The third-order valence-electron chi connectivity index (χ3n) is 3.46. The fourth-order valence-electron chi connectivity index (χ4n) is 2.48. The van der Waals surface area contributed by atoms with Gasteiger partial charge in [-0.2, -0.15) is 0 Å². The number of benzene rings is 1. The van der Waals surface area contributed by atoms with E-state index < -0.39 is 0 Å². The van der Waals surface area contributed by atoms with Crippen molar-refractivity contribution in [3.8, 4) is 0 Å². The minimum absolute atomic E-state index is 0.116. The van der Waals surface area contributed by atoms with E-state index in [0.29, 0.717) is 12.3 Å². The number of carbonyl (C=O) groups is 1. The summed E-state index contributed by atoms with van der Waals surface area (Å²) < 4.78 is 0. The molecule has 1 N–H and O–H groups in total. The molecule has 3 nitrogen and oxygen atoms in total. The molecule has 0 aliphatic carbocycles. The summed E-state index contributed by atoms with van der Waals surface area (Å²) in [4.78, 5) is 14.1. The van der Waals surface area contributed by atoms with Crippen molar-refractivity contribution >= 4 is 17.5 Å². The number of rotatable bonds is 6. The van der Waals surface area contributed by atoms with E-state index in [1.807, 2.05) is 6.07 Å². The highest BCUT2D eigenvalue weighted by molar-refractivity contribution is 6.17. The quantitative estimate of drug-likeness (QED) is 0.813. The second-order valence-electron chi connectivity index (χ2n) is 4.97. The molecule has 0 bridgehead atoms. The van der Waals surface area contributed by atoms with E-state index in [9.17, 15) is 4.79 Å². The predicted octanol–water partition coefficient (Wildman–Crippen LogP) is 2.74. The summed E-state index contributed by atoms with van der Waals surface area (Å²) in [5.41, 5.74) is 1.30. The molecule has 19 heavy (non-hydrogen) atoms. The molecule has 1 aromatic carbocycles. The van der Waals surface area contributed by atoms with E-state index in [0.717, 1.165) is 32.4 Å². The first-order chi connectivity index (χ1) is 9.29. The van der Waals surface area contributed by atoms with Crippen molar-refractivity contribution < 1.29 is 4.79 Å². The SMILES string of the molecule is O=C(CCCCl)NC1CCCN1Cc1ccccc1. The van der Waals surface area contributed by atoms with E-state index in [2.05, 4.69) is 34.5 Å². The van der Waals surface area contributed by atoms with Gasteiger partial charge in [0.2, 0.25) is 5.91 Å². The Morgan fingerprint density at radius 3 is 2.89 bits per heavy atom. The van der Waals surface area contributed by atoms with Crippen LogP contribution in [-0.2, 0) is 11.3 Å². The first kappa shape index (κ1) is 14.4. The second-order valence-corrected chi connectivity index (χ2v) is 5.35. The summed E-state index contributed by atoms with van der Waals surface area (Å²) in [6.07, 6.45) is 3.65. The lowest BCUT2D eigenvalue weighted by Gasteiger charge is -2.25. The van der Waals surface area contributed by atoms with Gasteiger partial charge in [0.15, 0.2) is 0 Å². The van der Waals surface area contributed by atoms with Crippen molar-refractivity contribution in [1.29, 1.82) is 0 Å². The van der Waals surface area contributed by atoms with Crippen LogP contribution < -0.4 is 5.32 Å². The molecule has 1 aliphatic rings. The fourth-order valence-corrected chi connectivity index (χ4v) is 2.62. The largest absolute Gasteiger partial charge is 0.341 e. The lowest BCUT2D eigenvalue weighted by atomic mass is 10.2. The predicted molar refractivity (Wildman–Crippen MR) is 78.0 cm³/mol. The minimum Gasteiger partial charge on any atom is -0.341 e. The van der Waals surface area contributed by atoms with Crippen molar-refractivity contribution in [2.75, 3.05) is 12.4 Å². The maximum atomic E-state index is 11.8. The summed E-state index contributed by atoms with van der Waals surface area (Å²) in [6, 6.07) is 10.4. The molecule has 1 amide bonds. The zero-order valence-corrected chi connectivity index (χ0v) is 11.9. The third-order valence-corrected chi connectivity index (χ3v) is 3.72. The average Bonchev–Trinajstić information content (AvgIpc) is 2.85. The normalized spacial score (nSPS) is 19.5. The maximum Gasteiger partial charge on any atom is 0.221 e. The van der Waals surface area contributed by atoms with Gasteiger partial charge in [0.1, 0.15) is 0 Å². The summed E-state index contributed by atoms with van der Waals surface area (Å²) in [7, 11) is 0. The highest BCUT2D eigenvalue weighted by atomic mass is 35.5. The van der Waals surface area contributed by atoms with E-state index >= 15 is 0 Å². The molecular weight excluding hydrogens is 260 g/mol. The summed E-state index contributed by atoms with van der Waals surface area (Å²) in [6.45, 7) is 1.95. The zero-order valence-electron chi connectivity index (χ0n) is 11.1. The molecule has 4 heteroatoms. The van der Waals surface area contributed by atoms with Crippen LogP contribution in [0.25, 0.3) is 0 Å². The van der Waals surface area contributed by atoms with Crippen LogP contribution >= 0.6 is 11.6 Å². The number of nitrogens with one attached hydrogen (secondary N) is 1. The third kappa shape index (κ3) is 4.51. The van der Waals surface area contributed by atoms with Gasteiger partial charge >= 0.3 is 0 Å². The molecule has 1 aliphatic heterocycles. The number of carbonyl (C=O) groups excluding carboxylic acids is 1. The Morgan fingerprint density at radius 2 is 2.16 bits per heavy atom. The zero-order chi connectivity index (χ0) is 13.5. The van der Waals surface area contributed by atoms with Crippen LogP contribution in [0.3, 0.4) is 0 Å². The van der Waals surface area contributed by atoms with Crippen molar-refractivity contribution in [3.05, 3.63) is 35.9 Å². The Balaban J connectivity index is 1.85. The highest BCUT2D eigenvalue weighted by Gasteiger charge is 2.25. The van der Waals surface area contributed by atoms with Crippen LogP contribution in [0.15, 0.2) is 30.3 Å².